The zero-order valence-electron chi connectivity index (χ0n) is 17.4. The first-order valence-electron chi connectivity index (χ1n) is 10.0. The predicted octanol–water partition coefficient (Wildman–Crippen LogP) is 4.81. The fourth-order valence-electron chi connectivity index (χ4n) is 3.56. The van der Waals surface area contributed by atoms with Crippen LogP contribution in [0.5, 0.6) is 0 Å². The molecule has 0 saturated carbocycles. The summed E-state index contributed by atoms with van der Waals surface area (Å²) in [5, 5.41) is 5.72. The SMILES string of the molecule is C/C(=C\c1c(NC=O)nc(C)nc1NCc1cccc(C(F)(F)F)c1)C1CCOCC1. The topological polar surface area (TPSA) is 76.1 Å². The Hall–Kier alpha value is -2.94. The van der Waals surface area contributed by atoms with Crippen LogP contribution in [0.1, 0.15) is 42.3 Å². The van der Waals surface area contributed by atoms with Gasteiger partial charge in [-0.2, -0.15) is 13.2 Å². The second-order valence-corrected chi connectivity index (χ2v) is 7.47. The molecule has 1 fully saturated rings. The van der Waals surface area contributed by atoms with Crippen molar-refractivity contribution in [2.24, 2.45) is 5.92 Å². The number of aromatic nitrogens is 2. The summed E-state index contributed by atoms with van der Waals surface area (Å²) in [6.45, 7) is 5.22. The lowest BCUT2D eigenvalue weighted by Gasteiger charge is -2.23. The van der Waals surface area contributed by atoms with Gasteiger partial charge in [-0.3, -0.25) is 4.79 Å². The summed E-state index contributed by atoms with van der Waals surface area (Å²) in [6, 6.07) is 5.13. The molecule has 2 N–H and O–H groups in total. The van der Waals surface area contributed by atoms with Crippen molar-refractivity contribution in [3.8, 4) is 0 Å². The first-order chi connectivity index (χ1) is 14.8. The maximum Gasteiger partial charge on any atom is 0.416 e. The zero-order chi connectivity index (χ0) is 22.4. The van der Waals surface area contributed by atoms with Crippen LogP contribution in [0.4, 0.5) is 24.8 Å². The Morgan fingerprint density at radius 3 is 2.61 bits per heavy atom. The Balaban J connectivity index is 1.91. The van der Waals surface area contributed by atoms with Gasteiger partial charge in [0, 0.05) is 19.8 Å². The number of aryl methyl sites for hydroxylation is 1. The fraction of sp³-hybridized carbons (Fsp3) is 0.409. The summed E-state index contributed by atoms with van der Waals surface area (Å²) < 4.78 is 44.4. The summed E-state index contributed by atoms with van der Waals surface area (Å²) >= 11 is 0. The molecule has 1 aromatic carbocycles. The van der Waals surface area contributed by atoms with E-state index in [-0.39, 0.29) is 6.54 Å². The molecule has 1 aliphatic heterocycles. The van der Waals surface area contributed by atoms with E-state index in [2.05, 4.69) is 20.6 Å². The van der Waals surface area contributed by atoms with Gasteiger partial charge < -0.3 is 15.4 Å². The second-order valence-electron chi connectivity index (χ2n) is 7.47. The molecule has 0 bridgehead atoms. The number of carbonyl (C=O) groups excluding carboxylic acids is 1. The zero-order valence-corrected chi connectivity index (χ0v) is 17.4. The Morgan fingerprint density at radius 1 is 1.23 bits per heavy atom. The van der Waals surface area contributed by atoms with Gasteiger partial charge in [-0.05, 0) is 56.4 Å². The number of anilines is 2. The number of alkyl halides is 3. The highest BCUT2D eigenvalue weighted by Gasteiger charge is 2.30. The maximum atomic E-state index is 13.0. The molecule has 1 aliphatic rings. The van der Waals surface area contributed by atoms with Crippen LogP contribution in [0, 0.1) is 12.8 Å². The Kier molecular flexibility index (Phi) is 7.27. The average molecular weight is 434 g/mol. The summed E-state index contributed by atoms with van der Waals surface area (Å²) in [5.41, 5.74) is 1.46. The molecule has 1 aromatic heterocycles. The number of nitrogens with one attached hydrogen (secondary N) is 2. The van der Waals surface area contributed by atoms with E-state index in [0.717, 1.165) is 30.5 Å². The Morgan fingerprint density at radius 2 is 1.94 bits per heavy atom. The molecule has 2 heterocycles. The van der Waals surface area contributed by atoms with Crippen LogP contribution in [0.15, 0.2) is 29.8 Å². The minimum atomic E-state index is -4.41. The molecule has 0 radical (unpaired) electrons. The maximum absolute atomic E-state index is 13.0. The lowest BCUT2D eigenvalue weighted by atomic mass is 9.91. The van der Waals surface area contributed by atoms with Crippen molar-refractivity contribution in [2.45, 2.75) is 39.4 Å². The molecule has 0 atom stereocenters. The van der Waals surface area contributed by atoms with Crippen LogP contribution in [0.2, 0.25) is 0 Å². The van der Waals surface area contributed by atoms with Gasteiger partial charge in [-0.15, -0.1) is 0 Å². The first-order valence-corrected chi connectivity index (χ1v) is 10.0. The molecule has 2 aromatic rings. The molecular weight excluding hydrogens is 409 g/mol. The number of hydrogen-bond acceptors (Lipinski definition) is 5. The minimum absolute atomic E-state index is 0.137. The number of carbonyl (C=O) groups is 1. The lowest BCUT2D eigenvalue weighted by molar-refractivity contribution is -0.137. The normalized spacial score (nSPS) is 15.6. The van der Waals surface area contributed by atoms with Crippen molar-refractivity contribution in [3.63, 3.8) is 0 Å². The number of nitrogens with zero attached hydrogens (tertiary/aromatic N) is 2. The average Bonchev–Trinajstić information content (AvgIpc) is 2.74. The van der Waals surface area contributed by atoms with Crippen LogP contribution in [0.25, 0.3) is 6.08 Å². The Bertz CT molecular complexity index is 954. The van der Waals surface area contributed by atoms with Gasteiger partial charge in [-0.25, -0.2) is 9.97 Å². The monoisotopic (exact) mass is 434 g/mol. The van der Waals surface area contributed by atoms with E-state index < -0.39 is 11.7 Å². The number of halogens is 3. The number of rotatable bonds is 7. The molecule has 1 saturated heterocycles. The third-order valence-corrected chi connectivity index (χ3v) is 5.20. The molecule has 1 amide bonds. The van der Waals surface area contributed by atoms with E-state index in [1.54, 1.807) is 13.0 Å². The molecule has 6 nitrogen and oxygen atoms in total. The standard InChI is InChI=1S/C22H25F3N4O2/c1-14(17-6-8-31-9-7-17)10-19-20(28-15(2)29-21(19)27-13-30)26-12-16-4-3-5-18(11-16)22(23,24)25/h3-5,10-11,13,17H,6-9,12H2,1-2H3,(H2,26,27,28,29,30)/b14-10+. The van der Waals surface area contributed by atoms with E-state index in [4.69, 9.17) is 4.74 Å². The molecular formula is C22H25F3N4O2. The fourth-order valence-corrected chi connectivity index (χ4v) is 3.56. The largest absolute Gasteiger partial charge is 0.416 e. The number of amides is 1. The number of benzene rings is 1. The summed E-state index contributed by atoms with van der Waals surface area (Å²) in [6.07, 6.45) is -0.135. The molecule has 0 spiro atoms. The summed E-state index contributed by atoms with van der Waals surface area (Å²) in [5.74, 6) is 1.56. The van der Waals surface area contributed by atoms with Gasteiger partial charge in [0.25, 0.3) is 0 Å². The van der Waals surface area contributed by atoms with E-state index in [1.165, 1.54) is 6.07 Å². The third-order valence-electron chi connectivity index (χ3n) is 5.20. The van der Waals surface area contributed by atoms with Gasteiger partial charge in [0.1, 0.15) is 17.5 Å². The van der Waals surface area contributed by atoms with Crippen LogP contribution in [-0.2, 0) is 22.3 Å². The first kappa shape index (κ1) is 22.7. The smallest absolute Gasteiger partial charge is 0.381 e. The molecule has 3 rings (SSSR count). The van der Waals surface area contributed by atoms with Gasteiger partial charge in [0.05, 0.1) is 11.1 Å². The number of ether oxygens (including phenoxy) is 1. The van der Waals surface area contributed by atoms with Crippen molar-refractivity contribution < 1.29 is 22.7 Å². The third kappa shape index (κ3) is 6.04. The molecule has 9 heteroatoms. The van der Waals surface area contributed by atoms with Crippen molar-refractivity contribution in [3.05, 3.63) is 52.4 Å². The highest BCUT2D eigenvalue weighted by atomic mass is 19.4. The van der Waals surface area contributed by atoms with E-state index in [1.807, 2.05) is 13.0 Å². The summed E-state index contributed by atoms with van der Waals surface area (Å²) in [7, 11) is 0. The van der Waals surface area contributed by atoms with Crippen LogP contribution < -0.4 is 10.6 Å². The van der Waals surface area contributed by atoms with E-state index in [9.17, 15) is 18.0 Å². The van der Waals surface area contributed by atoms with Gasteiger partial charge >= 0.3 is 6.18 Å². The minimum Gasteiger partial charge on any atom is -0.381 e. The number of allylic oxidation sites excluding steroid dienone is 1. The van der Waals surface area contributed by atoms with Gasteiger partial charge in [-0.1, -0.05) is 17.7 Å². The predicted molar refractivity (Wildman–Crippen MR) is 112 cm³/mol. The quantitative estimate of drug-likeness (QED) is 0.612. The molecule has 0 unspecified atom stereocenters. The molecule has 0 aliphatic carbocycles. The summed E-state index contributed by atoms with van der Waals surface area (Å²) in [4.78, 5) is 19.9. The second kappa shape index (κ2) is 9.91. The number of hydrogen-bond donors (Lipinski definition) is 2. The van der Waals surface area contributed by atoms with Crippen LogP contribution >= 0.6 is 0 Å². The van der Waals surface area contributed by atoms with Crippen molar-refractivity contribution >= 4 is 24.1 Å². The van der Waals surface area contributed by atoms with Crippen molar-refractivity contribution in [1.82, 2.24) is 9.97 Å². The Labute approximate surface area is 178 Å². The molecule has 166 valence electrons. The van der Waals surface area contributed by atoms with E-state index in [0.29, 0.717) is 54.1 Å². The highest BCUT2D eigenvalue weighted by Crippen LogP contribution is 2.31. The van der Waals surface area contributed by atoms with Gasteiger partial charge in [0.15, 0.2) is 0 Å². The lowest BCUT2D eigenvalue weighted by Crippen LogP contribution is -2.16. The van der Waals surface area contributed by atoms with E-state index >= 15 is 0 Å². The van der Waals surface area contributed by atoms with Crippen LogP contribution in [-0.4, -0.2) is 29.6 Å². The van der Waals surface area contributed by atoms with Crippen LogP contribution in [0.3, 0.4) is 0 Å². The van der Waals surface area contributed by atoms with Gasteiger partial charge in [0.2, 0.25) is 6.41 Å². The van der Waals surface area contributed by atoms with Crippen molar-refractivity contribution in [2.75, 3.05) is 23.8 Å². The van der Waals surface area contributed by atoms with Crippen molar-refractivity contribution in [1.29, 1.82) is 0 Å². The highest BCUT2D eigenvalue weighted by molar-refractivity contribution is 5.81. The molecule has 31 heavy (non-hydrogen) atoms.